The molecule has 2 N–H and O–H groups in total. The molecule has 2 aliphatic heterocycles. The van der Waals surface area contributed by atoms with E-state index < -0.39 is 0 Å². The van der Waals surface area contributed by atoms with Crippen molar-refractivity contribution in [2.24, 2.45) is 5.92 Å². The number of piperazine rings is 1. The number of methoxy groups -OCH3 is 1. The van der Waals surface area contributed by atoms with Crippen LogP contribution in [0.15, 0.2) is 30.0 Å². The van der Waals surface area contributed by atoms with Gasteiger partial charge in [0.1, 0.15) is 17.2 Å². The van der Waals surface area contributed by atoms with E-state index in [9.17, 15) is 0 Å². The quantitative estimate of drug-likeness (QED) is 0.310. The van der Waals surface area contributed by atoms with Crippen molar-refractivity contribution < 1.29 is 9.47 Å². The molecule has 0 amide bonds. The molecule has 1 aromatic carbocycles. The first kappa shape index (κ1) is 25.9. The van der Waals surface area contributed by atoms with E-state index in [2.05, 4.69) is 35.4 Å². The summed E-state index contributed by atoms with van der Waals surface area (Å²) in [4.78, 5) is 18.0. The largest absolute Gasteiger partial charge is 0.493 e. The molecule has 198 valence electrons. The summed E-state index contributed by atoms with van der Waals surface area (Å²) >= 11 is 7.25. The maximum absolute atomic E-state index is 6.15. The van der Waals surface area contributed by atoms with Crippen molar-refractivity contribution in [2.75, 3.05) is 57.9 Å². The van der Waals surface area contributed by atoms with E-state index in [1.807, 2.05) is 23.7 Å². The summed E-state index contributed by atoms with van der Waals surface area (Å²) in [6.45, 7) is 6.91. The zero-order valence-electron chi connectivity index (χ0n) is 21.3. The van der Waals surface area contributed by atoms with Crippen LogP contribution >= 0.6 is 23.6 Å². The third-order valence-corrected chi connectivity index (χ3v) is 8.24. The average molecular weight is 542 g/mol. The van der Waals surface area contributed by atoms with Crippen molar-refractivity contribution >= 4 is 45.4 Å². The Labute approximate surface area is 227 Å². The number of thiazole rings is 1. The summed E-state index contributed by atoms with van der Waals surface area (Å²) in [5, 5.41) is 11.6. The number of nitrogens with one attached hydrogen (secondary N) is 2. The van der Waals surface area contributed by atoms with Gasteiger partial charge in [-0.1, -0.05) is 0 Å². The lowest BCUT2D eigenvalue weighted by Crippen LogP contribution is -2.51. The Morgan fingerprint density at radius 3 is 2.84 bits per heavy atom. The second-order valence-corrected chi connectivity index (χ2v) is 10.8. The summed E-state index contributed by atoms with van der Waals surface area (Å²) in [6.07, 6.45) is 8.26. The molecule has 4 heterocycles. The van der Waals surface area contributed by atoms with Gasteiger partial charge in [-0.3, -0.25) is 0 Å². The first-order chi connectivity index (χ1) is 18.2. The fourth-order valence-corrected chi connectivity index (χ4v) is 5.83. The molecule has 2 aromatic heterocycles. The number of anilines is 1. The van der Waals surface area contributed by atoms with Crippen LogP contribution in [0.25, 0.3) is 10.9 Å². The average Bonchev–Trinajstić information content (AvgIpc) is 3.48. The van der Waals surface area contributed by atoms with Crippen molar-refractivity contribution in [1.82, 2.24) is 30.5 Å². The zero-order chi connectivity index (χ0) is 25.5. The van der Waals surface area contributed by atoms with Crippen LogP contribution in [0.1, 0.15) is 30.7 Å². The van der Waals surface area contributed by atoms with Crippen molar-refractivity contribution in [3.8, 4) is 11.5 Å². The van der Waals surface area contributed by atoms with Gasteiger partial charge in [0.05, 0.1) is 25.8 Å². The fraction of sp³-hybridized carbons (Fsp3) is 0.538. The molecule has 0 saturated carbocycles. The SMILES string of the molecule is COc1cc2c(N3CCN(C(=S)NCc4nccs4)CC3)ncnc2cc1OCCCC1CCCNC1. The minimum Gasteiger partial charge on any atom is -0.493 e. The predicted octanol–water partition coefficient (Wildman–Crippen LogP) is 3.45. The summed E-state index contributed by atoms with van der Waals surface area (Å²) < 4.78 is 11.9. The van der Waals surface area contributed by atoms with Crippen LogP contribution in [0.4, 0.5) is 5.82 Å². The van der Waals surface area contributed by atoms with Gasteiger partial charge in [-0.05, 0) is 63.0 Å². The molecule has 11 heteroatoms. The van der Waals surface area contributed by atoms with Gasteiger partial charge in [-0.15, -0.1) is 11.3 Å². The van der Waals surface area contributed by atoms with E-state index in [1.54, 1.807) is 24.8 Å². The van der Waals surface area contributed by atoms with Gasteiger partial charge in [0.2, 0.25) is 0 Å². The minimum atomic E-state index is 0.662. The van der Waals surface area contributed by atoms with Gasteiger partial charge in [0, 0.05) is 49.2 Å². The highest BCUT2D eigenvalue weighted by Crippen LogP contribution is 2.35. The first-order valence-electron chi connectivity index (χ1n) is 13.0. The number of rotatable bonds is 9. The molecular formula is C26H35N7O2S2. The smallest absolute Gasteiger partial charge is 0.169 e. The molecule has 37 heavy (non-hydrogen) atoms. The number of thiocarbonyl (C=S) groups is 1. The van der Waals surface area contributed by atoms with Crippen LogP contribution in [0.2, 0.25) is 0 Å². The normalized spacial score (nSPS) is 18.1. The monoisotopic (exact) mass is 541 g/mol. The van der Waals surface area contributed by atoms with Crippen LogP contribution in [0.3, 0.4) is 0 Å². The zero-order valence-corrected chi connectivity index (χ0v) is 23.0. The Kier molecular flexibility index (Phi) is 8.85. The van der Waals surface area contributed by atoms with Crippen molar-refractivity contribution in [1.29, 1.82) is 0 Å². The van der Waals surface area contributed by atoms with E-state index in [-0.39, 0.29) is 0 Å². The highest BCUT2D eigenvalue weighted by Gasteiger charge is 2.23. The van der Waals surface area contributed by atoms with Crippen LogP contribution < -0.4 is 25.0 Å². The number of fused-ring (bicyclic) bond motifs is 1. The minimum absolute atomic E-state index is 0.662. The van der Waals surface area contributed by atoms with Crippen LogP contribution in [-0.2, 0) is 6.54 Å². The predicted molar refractivity (Wildman–Crippen MR) is 152 cm³/mol. The summed E-state index contributed by atoms with van der Waals surface area (Å²) in [7, 11) is 1.68. The molecular weight excluding hydrogens is 506 g/mol. The highest BCUT2D eigenvalue weighted by molar-refractivity contribution is 7.80. The second-order valence-electron chi connectivity index (χ2n) is 9.48. The summed E-state index contributed by atoms with van der Waals surface area (Å²) in [5.74, 6) is 3.13. The third kappa shape index (κ3) is 6.58. The van der Waals surface area contributed by atoms with Crippen LogP contribution in [0.5, 0.6) is 11.5 Å². The lowest BCUT2D eigenvalue weighted by Gasteiger charge is -2.37. The number of hydrogen-bond donors (Lipinski definition) is 2. The van der Waals surface area contributed by atoms with Crippen LogP contribution in [-0.4, -0.2) is 77.9 Å². The van der Waals surface area contributed by atoms with E-state index in [0.29, 0.717) is 18.9 Å². The third-order valence-electron chi connectivity index (χ3n) is 7.05. The van der Waals surface area contributed by atoms with Crippen molar-refractivity contribution in [2.45, 2.75) is 32.2 Å². The lowest BCUT2D eigenvalue weighted by molar-refractivity contribution is 0.264. The molecule has 0 spiro atoms. The Hall–Kier alpha value is -2.76. The second kappa shape index (κ2) is 12.7. The van der Waals surface area contributed by atoms with Crippen LogP contribution in [0, 0.1) is 5.92 Å². The van der Waals surface area contributed by atoms with E-state index in [1.165, 1.54) is 19.3 Å². The number of piperidine rings is 1. The van der Waals surface area contributed by atoms with Gasteiger partial charge < -0.3 is 29.9 Å². The molecule has 9 nitrogen and oxygen atoms in total. The van der Waals surface area contributed by atoms with Crippen molar-refractivity contribution in [3.63, 3.8) is 0 Å². The number of hydrogen-bond acceptors (Lipinski definition) is 9. The van der Waals surface area contributed by atoms with Gasteiger partial charge in [0.15, 0.2) is 16.6 Å². The summed E-state index contributed by atoms with van der Waals surface area (Å²) in [6, 6.07) is 3.99. The lowest BCUT2D eigenvalue weighted by atomic mass is 9.95. The molecule has 1 atom stereocenters. The van der Waals surface area contributed by atoms with Gasteiger partial charge in [-0.2, -0.15) is 0 Å². The molecule has 2 saturated heterocycles. The maximum atomic E-state index is 6.15. The Morgan fingerprint density at radius 2 is 2.08 bits per heavy atom. The molecule has 0 bridgehead atoms. The molecule has 2 aliphatic rings. The highest BCUT2D eigenvalue weighted by atomic mass is 32.1. The van der Waals surface area contributed by atoms with E-state index in [0.717, 1.165) is 84.2 Å². The molecule has 0 aliphatic carbocycles. The molecule has 2 fully saturated rings. The van der Waals surface area contributed by atoms with Gasteiger partial charge in [-0.25, -0.2) is 15.0 Å². The van der Waals surface area contributed by atoms with Crippen molar-refractivity contribution in [3.05, 3.63) is 35.0 Å². The standard InChI is InChI=1S/C26H35N7O2S2/c1-34-22-14-20-21(15-23(22)35-12-3-5-19-4-2-6-27-16-19)30-18-31-25(20)32-8-10-33(11-9-32)26(36)29-17-24-28-7-13-37-24/h7,13-15,18-19,27H,2-6,8-12,16-17H2,1H3,(H,29,36). The molecule has 5 rings (SSSR count). The maximum Gasteiger partial charge on any atom is 0.169 e. The Bertz CT molecular complexity index is 1160. The van der Waals surface area contributed by atoms with Gasteiger partial charge >= 0.3 is 0 Å². The number of benzene rings is 1. The Morgan fingerprint density at radius 1 is 1.19 bits per heavy atom. The Balaban J connectivity index is 1.19. The number of ether oxygens (including phenoxy) is 2. The van der Waals surface area contributed by atoms with E-state index >= 15 is 0 Å². The summed E-state index contributed by atoms with van der Waals surface area (Å²) in [5.41, 5.74) is 0.861. The first-order valence-corrected chi connectivity index (χ1v) is 14.3. The number of aromatic nitrogens is 3. The molecule has 3 aromatic rings. The van der Waals surface area contributed by atoms with Gasteiger partial charge in [0.25, 0.3) is 0 Å². The molecule has 0 radical (unpaired) electrons. The van der Waals surface area contributed by atoms with E-state index in [4.69, 9.17) is 21.7 Å². The fourth-order valence-electron chi connectivity index (χ4n) is 5.02. The number of nitrogens with zero attached hydrogens (tertiary/aromatic N) is 5. The molecule has 1 unspecified atom stereocenters. The topological polar surface area (TPSA) is 87.7 Å².